The molecule has 1 N–H and O–H groups in total. The Bertz CT molecular complexity index is 224. The molecule has 0 bridgehead atoms. The largest absolute Gasteiger partial charge is 0.396 e. The summed E-state index contributed by atoms with van der Waals surface area (Å²) >= 11 is 0. The maximum absolute atomic E-state index is 8.52. The summed E-state index contributed by atoms with van der Waals surface area (Å²) in [6.45, 7) is 0.505. The second-order valence-electron chi connectivity index (χ2n) is 2.36. The van der Waals surface area contributed by atoms with Crippen LogP contribution in [0, 0.1) is 0 Å². The van der Waals surface area contributed by atoms with Crippen molar-refractivity contribution in [3.63, 3.8) is 0 Å². The zero-order valence-electron chi connectivity index (χ0n) is 6.99. The van der Waals surface area contributed by atoms with Crippen molar-refractivity contribution in [2.45, 2.75) is 19.4 Å². The Morgan fingerprint density at radius 1 is 1.58 bits per heavy atom. The van der Waals surface area contributed by atoms with Crippen LogP contribution in [0.3, 0.4) is 0 Å². The van der Waals surface area contributed by atoms with E-state index in [1.807, 2.05) is 0 Å². The second-order valence-corrected chi connectivity index (χ2v) is 2.36. The van der Waals surface area contributed by atoms with Crippen molar-refractivity contribution in [3.8, 4) is 0 Å². The molecule has 0 aliphatic heterocycles. The number of ether oxygens (including phenoxy) is 1. The zero-order chi connectivity index (χ0) is 8.81. The summed E-state index contributed by atoms with van der Waals surface area (Å²) in [5.41, 5.74) is 0. The number of hydrogen-bond acceptors (Lipinski definition) is 5. The summed E-state index contributed by atoms with van der Waals surface area (Å²) in [5.74, 6) is 1.10. The molecule has 1 aromatic rings. The Kier molecular flexibility index (Phi) is 3.69. The maximum atomic E-state index is 8.52. The highest BCUT2D eigenvalue weighted by Gasteiger charge is 2.04. The van der Waals surface area contributed by atoms with Gasteiger partial charge in [-0.25, -0.2) is 0 Å². The van der Waals surface area contributed by atoms with Crippen LogP contribution < -0.4 is 0 Å². The van der Waals surface area contributed by atoms with E-state index in [1.54, 1.807) is 7.11 Å². The molecule has 5 heteroatoms. The van der Waals surface area contributed by atoms with Crippen LogP contribution in [0.1, 0.15) is 18.1 Å². The summed E-state index contributed by atoms with van der Waals surface area (Å²) in [5, 5.41) is 12.2. The van der Waals surface area contributed by atoms with E-state index in [2.05, 4.69) is 10.1 Å². The number of aromatic nitrogens is 2. The van der Waals surface area contributed by atoms with Crippen molar-refractivity contribution in [1.29, 1.82) is 0 Å². The first-order chi connectivity index (χ1) is 5.86. The fourth-order valence-corrected chi connectivity index (χ4v) is 0.810. The summed E-state index contributed by atoms with van der Waals surface area (Å²) in [6, 6.07) is 0. The average Bonchev–Trinajstić information content (AvgIpc) is 2.50. The first-order valence-corrected chi connectivity index (χ1v) is 3.78. The van der Waals surface area contributed by atoms with Gasteiger partial charge in [0, 0.05) is 20.1 Å². The lowest BCUT2D eigenvalue weighted by Gasteiger charge is -1.88. The standard InChI is InChI=1S/C7H12N2O3/c1-11-5-6-8-7(12-9-6)3-2-4-10/h10H,2-5H2,1H3. The van der Waals surface area contributed by atoms with Gasteiger partial charge in [-0.1, -0.05) is 5.16 Å². The van der Waals surface area contributed by atoms with Gasteiger partial charge in [0.25, 0.3) is 0 Å². The highest BCUT2D eigenvalue weighted by Crippen LogP contribution is 2.00. The van der Waals surface area contributed by atoms with Gasteiger partial charge in [0.1, 0.15) is 6.61 Å². The minimum atomic E-state index is 0.141. The molecule has 1 aromatic heterocycles. The molecule has 0 amide bonds. The molecule has 0 unspecified atom stereocenters. The molecule has 12 heavy (non-hydrogen) atoms. The summed E-state index contributed by atoms with van der Waals surface area (Å²) in [6.07, 6.45) is 1.27. The number of aryl methyl sites for hydroxylation is 1. The SMILES string of the molecule is COCc1noc(CCCO)n1. The van der Waals surface area contributed by atoms with Crippen molar-refractivity contribution < 1.29 is 14.4 Å². The third-order valence-corrected chi connectivity index (χ3v) is 1.33. The molecule has 0 fully saturated rings. The molecule has 0 saturated heterocycles. The van der Waals surface area contributed by atoms with Crippen LogP contribution >= 0.6 is 0 Å². The maximum Gasteiger partial charge on any atom is 0.226 e. The number of aliphatic hydroxyl groups excluding tert-OH is 1. The van der Waals surface area contributed by atoms with Crippen LogP contribution in [0.5, 0.6) is 0 Å². The predicted octanol–water partition coefficient (Wildman–Crippen LogP) is 0.141. The van der Waals surface area contributed by atoms with Gasteiger partial charge in [-0.2, -0.15) is 4.98 Å². The third kappa shape index (κ3) is 2.60. The Morgan fingerprint density at radius 3 is 3.08 bits per heavy atom. The van der Waals surface area contributed by atoms with Crippen molar-refractivity contribution in [2.75, 3.05) is 13.7 Å². The van der Waals surface area contributed by atoms with Crippen LogP contribution in [0.15, 0.2) is 4.52 Å². The molecule has 0 saturated carbocycles. The quantitative estimate of drug-likeness (QED) is 0.684. The van der Waals surface area contributed by atoms with Crippen molar-refractivity contribution in [1.82, 2.24) is 10.1 Å². The molecule has 1 rings (SSSR count). The van der Waals surface area contributed by atoms with Crippen molar-refractivity contribution in [3.05, 3.63) is 11.7 Å². The molecule has 0 aliphatic carbocycles. The molecule has 0 radical (unpaired) electrons. The summed E-state index contributed by atoms with van der Waals surface area (Å²) in [7, 11) is 1.57. The normalized spacial score (nSPS) is 10.5. The van der Waals surface area contributed by atoms with Crippen molar-refractivity contribution in [2.24, 2.45) is 0 Å². The highest BCUT2D eigenvalue weighted by atomic mass is 16.5. The monoisotopic (exact) mass is 172 g/mol. The Morgan fingerprint density at radius 2 is 2.42 bits per heavy atom. The number of rotatable bonds is 5. The van der Waals surface area contributed by atoms with Gasteiger partial charge < -0.3 is 14.4 Å². The zero-order valence-corrected chi connectivity index (χ0v) is 6.99. The molecular formula is C7H12N2O3. The second kappa shape index (κ2) is 4.84. The van der Waals surface area contributed by atoms with Crippen LogP contribution in [0.25, 0.3) is 0 Å². The first kappa shape index (κ1) is 9.15. The van der Waals surface area contributed by atoms with Gasteiger partial charge in [0.15, 0.2) is 5.82 Å². The molecule has 0 spiro atoms. The lowest BCUT2D eigenvalue weighted by atomic mass is 10.3. The predicted molar refractivity (Wildman–Crippen MR) is 40.4 cm³/mol. The van der Waals surface area contributed by atoms with E-state index in [9.17, 15) is 0 Å². The smallest absolute Gasteiger partial charge is 0.226 e. The van der Waals surface area contributed by atoms with Gasteiger partial charge in [-0.3, -0.25) is 0 Å². The van der Waals surface area contributed by atoms with Crippen LogP contribution in [-0.2, 0) is 17.8 Å². The summed E-state index contributed by atoms with van der Waals surface area (Å²) < 4.78 is 9.68. The van der Waals surface area contributed by atoms with Crippen LogP contribution in [0.2, 0.25) is 0 Å². The van der Waals surface area contributed by atoms with Gasteiger partial charge in [0.2, 0.25) is 5.89 Å². The minimum Gasteiger partial charge on any atom is -0.396 e. The molecule has 68 valence electrons. The number of hydrogen-bond donors (Lipinski definition) is 1. The molecule has 5 nitrogen and oxygen atoms in total. The number of aliphatic hydroxyl groups is 1. The number of nitrogens with zero attached hydrogens (tertiary/aromatic N) is 2. The fraction of sp³-hybridized carbons (Fsp3) is 0.714. The van der Waals surface area contributed by atoms with E-state index in [0.717, 1.165) is 0 Å². The molecule has 0 atom stereocenters. The molecule has 0 aromatic carbocycles. The lowest BCUT2D eigenvalue weighted by molar-refractivity contribution is 0.174. The average molecular weight is 172 g/mol. The topological polar surface area (TPSA) is 68.4 Å². The first-order valence-electron chi connectivity index (χ1n) is 3.78. The van der Waals surface area contributed by atoms with E-state index >= 15 is 0 Å². The van der Waals surface area contributed by atoms with Gasteiger partial charge in [-0.15, -0.1) is 0 Å². The molecule has 1 heterocycles. The van der Waals surface area contributed by atoms with E-state index in [-0.39, 0.29) is 6.61 Å². The minimum absolute atomic E-state index is 0.141. The van der Waals surface area contributed by atoms with E-state index < -0.39 is 0 Å². The van der Waals surface area contributed by atoms with Gasteiger partial charge >= 0.3 is 0 Å². The lowest BCUT2D eigenvalue weighted by Crippen LogP contribution is -1.92. The van der Waals surface area contributed by atoms with E-state index in [1.165, 1.54) is 0 Å². The fourth-order valence-electron chi connectivity index (χ4n) is 0.810. The van der Waals surface area contributed by atoms with Gasteiger partial charge in [0.05, 0.1) is 0 Å². The highest BCUT2D eigenvalue weighted by molar-refractivity contribution is 4.84. The Balaban J connectivity index is 2.41. The Labute approximate surface area is 70.3 Å². The summed E-state index contributed by atoms with van der Waals surface area (Å²) in [4.78, 5) is 4.02. The van der Waals surface area contributed by atoms with E-state index in [4.69, 9.17) is 14.4 Å². The molecule has 0 aliphatic rings. The molecular weight excluding hydrogens is 160 g/mol. The third-order valence-electron chi connectivity index (χ3n) is 1.33. The van der Waals surface area contributed by atoms with E-state index in [0.29, 0.717) is 31.2 Å². The van der Waals surface area contributed by atoms with Crippen LogP contribution in [-0.4, -0.2) is 29.0 Å². The van der Waals surface area contributed by atoms with Gasteiger partial charge in [-0.05, 0) is 6.42 Å². The number of methoxy groups -OCH3 is 1. The Hall–Kier alpha value is -0.940. The van der Waals surface area contributed by atoms with Crippen LogP contribution in [0.4, 0.5) is 0 Å². The van der Waals surface area contributed by atoms with Crippen molar-refractivity contribution >= 4 is 0 Å².